The summed E-state index contributed by atoms with van der Waals surface area (Å²) in [4.78, 5) is 29.5. The van der Waals surface area contributed by atoms with E-state index in [1.807, 2.05) is 0 Å². The number of carbonyl (C=O) groups excluding carboxylic acids is 1. The lowest BCUT2D eigenvalue weighted by atomic mass is 10.3. The second-order valence-corrected chi connectivity index (χ2v) is 4.17. The molecule has 9 nitrogen and oxygen atoms in total. The number of nitro groups is 1. The summed E-state index contributed by atoms with van der Waals surface area (Å²) < 4.78 is 5.17. The van der Waals surface area contributed by atoms with E-state index in [4.69, 9.17) is 9.57 Å². The van der Waals surface area contributed by atoms with Crippen LogP contribution < -0.4 is 4.84 Å². The molecule has 1 aromatic rings. The van der Waals surface area contributed by atoms with E-state index in [0.29, 0.717) is 26.3 Å². The molecule has 108 valence electrons. The minimum absolute atomic E-state index is 0.137. The molecule has 2 rings (SSSR count). The Bertz CT molecular complexity index is 547. The molecule has 0 unspecified atom stereocenters. The number of rotatable bonds is 4. The maximum absolute atomic E-state index is 11.9. The van der Waals surface area contributed by atoms with Crippen molar-refractivity contribution in [2.45, 2.75) is 6.92 Å². The van der Waals surface area contributed by atoms with E-state index in [9.17, 15) is 14.9 Å². The summed E-state index contributed by atoms with van der Waals surface area (Å²) in [6, 6.07) is 0. The molecule has 0 radical (unpaired) electrons. The van der Waals surface area contributed by atoms with Crippen LogP contribution in [0, 0.1) is 17.0 Å². The van der Waals surface area contributed by atoms with Gasteiger partial charge in [0.05, 0.1) is 18.1 Å². The second-order valence-electron chi connectivity index (χ2n) is 4.17. The van der Waals surface area contributed by atoms with Crippen molar-refractivity contribution < 1.29 is 19.3 Å². The van der Waals surface area contributed by atoms with Gasteiger partial charge in [0.15, 0.2) is 5.69 Å². The molecule has 0 amide bonds. The van der Waals surface area contributed by atoms with Crippen molar-refractivity contribution in [2.24, 2.45) is 0 Å². The Kier molecular flexibility index (Phi) is 3.99. The fourth-order valence-corrected chi connectivity index (χ4v) is 1.75. The summed E-state index contributed by atoms with van der Waals surface area (Å²) in [5.74, 6) is -0.701. The fraction of sp³-hybridized carbons (Fsp3) is 0.455. The van der Waals surface area contributed by atoms with Crippen molar-refractivity contribution in [2.75, 3.05) is 26.3 Å². The van der Waals surface area contributed by atoms with Crippen LogP contribution >= 0.6 is 0 Å². The molecule has 0 aromatic carbocycles. The van der Waals surface area contributed by atoms with Gasteiger partial charge in [-0.25, -0.2) is 4.79 Å². The zero-order chi connectivity index (χ0) is 14.7. The zero-order valence-electron chi connectivity index (χ0n) is 10.9. The third-order valence-electron chi connectivity index (χ3n) is 2.94. The Hall–Kier alpha value is -2.42. The van der Waals surface area contributed by atoms with Crippen molar-refractivity contribution in [1.29, 1.82) is 0 Å². The largest absolute Gasteiger partial charge is 0.380 e. The van der Waals surface area contributed by atoms with Gasteiger partial charge in [-0.15, -0.1) is 5.10 Å². The standard InChI is InChI=1S/C11H14N4O5/c1-8-10(15(17)18)7-12-14(8)20-11(16)9(2)13-3-5-19-6-4-13/h7H,2-6H2,1H3. The van der Waals surface area contributed by atoms with E-state index < -0.39 is 10.9 Å². The first-order valence-electron chi connectivity index (χ1n) is 5.94. The Morgan fingerprint density at radius 2 is 2.20 bits per heavy atom. The molecule has 1 aliphatic rings. The predicted molar refractivity (Wildman–Crippen MR) is 66.7 cm³/mol. The van der Waals surface area contributed by atoms with E-state index >= 15 is 0 Å². The summed E-state index contributed by atoms with van der Waals surface area (Å²) in [5, 5.41) is 14.3. The SMILES string of the molecule is C=C(C(=O)On1ncc([N+](=O)[O-])c1C)N1CCOCC1. The number of ether oxygens (including phenoxy) is 1. The highest BCUT2D eigenvalue weighted by Crippen LogP contribution is 2.15. The lowest BCUT2D eigenvalue weighted by Gasteiger charge is -2.28. The molecule has 0 bridgehead atoms. The molecular weight excluding hydrogens is 268 g/mol. The summed E-state index contributed by atoms with van der Waals surface area (Å²) >= 11 is 0. The monoisotopic (exact) mass is 282 g/mol. The Morgan fingerprint density at radius 1 is 1.55 bits per heavy atom. The third-order valence-corrected chi connectivity index (χ3v) is 2.94. The average molecular weight is 282 g/mol. The molecule has 0 spiro atoms. The van der Waals surface area contributed by atoms with Gasteiger partial charge in [-0.1, -0.05) is 11.4 Å². The van der Waals surface area contributed by atoms with Crippen molar-refractivity contribution in [3.63, 3.8) is 0 Å². The van der Waals surface area contributed by atoms with Gasteiger partial charge in [0.25, 0.3) is 0 Å². The van der Waals surface area contributed by atoms with Crippen molar-refractivity contribution >= 4 is 11.7 Å². The van der Waals surface area contributed by atoms with Crippen LogP contribution in [0.3, 0.4) is 0 Å². The van der Waals surface area contributed by atoms with Gasteiger partial charge in [-0.2, -0.15) is 0 Å². The maximum atomic E-state index is 11.9. The summed E-state index contributed by atoms with van der Waals surface area (Å²) in [7, 11) is 0. The van der Waals surface area contributed by atoms with E-state index in [0.717, 1.165) is 11.0 Å². The topological polar surface area (TPSA) is 99.7 Å². The Labute approximate surface area is 114 Å². The van der Waals surface area contributed by atoms with Gasteiger partial charge in [0.2, 0.25) is 0 Å². The number of hydrogen-bond donors (Lipinski definition) is 0. The molecule has 0 N–H and O–H groups in total. The minimum Gasteiger partial charge on any atom is -0.378 e. The van der Waals surface area contributed by atoms with Crippen molar-refractivity contribution in [3.8, 4) is 0 Å². The van der Waals surface area contributed by atoms with Crippen LogP contribution in [-0.2, 0) is 9.53 Å². The number of hydrogen-bond acceptors (Lipinski definition) is 7. The first-order chi connectivity index (χ1) is 9.50. The van der Waals surface area contributed by atoms with Crippen LogP contribution in [0.1, 0.15) is 5.69 Å². The third kappa shape index (κ3) is 2.77. The molecule has 1 aliphatic heterocycles. The molecule has 0 saturated carbocycles. The molecule has 2 heterocycles. The lowest BCUT2D eigenvalue weighted by molar-refractivity contribution is -0.385. The highest BCUT2D eigenvalue weighted by molar-refractivity contribution is 5.87. The van der Waals surface area contributed by atoms with Gasteiger partial charge in [0, 0.05) is 13.1 Å². The molecule has 1 fully saturated rings. The normalized spacial score (nSPS) is 14.9. The molecule has 0 aliphatic carbocycles. The van der Waals surface area contributed by atoms with E-state index in [-0.39, 0.29) is 17.1 Å². The minimum atomic E-state index is -0.701. The molecule has 1 aromatic heterocycles. The quantitative estimate of drug-likeness (QED) is 0.432. The van der Waals surface area contributed by atoms with Crippen molar-refractivity contribution in [1.82, 2.24) is 14.8 Å². The number of morpholine rings is 1. The van der Waals surface area contributed by atoms with Crippen LogP contribution in [-0.4, -0.2) is 52.0 Å². The van der Waals surface area contributed by atoms with E-state index in [1.165, 1.54) is 6.92 Å². The first kappa shape index (κ1) is 14.0. The summed E-state index contributed by atoms with van der Waals surface area (Å²) in [6.07, 6.45) is 1.03. The van der Waals surface area contributed by atoms with Gasteiger partial charge in [0.1, 0.15) is 11.9 Å². The fourth-order valence-electron chi connectivity index (χ4n) is 1.75. The first-order valence-corrected chi connectivity index (χ1v) is 5.94. The smallest absolute Gasteiger partial charge is 0.378 e. The zero-order valence-corrected chi connectivity index (χ0v) is 10.9. The predicted octanol–water partition coefficient (Wildman–Crippen LogP) is -0.0992. The summed E-state index contributed by atoms with van der Waals surface area (Å²) in [5.41, 5.74) is 0.0961. The highest BCUT2D eigenvalue weighted by Gasteiger charge is 2.23. The molecule has 9 heteroatoms. The lowest BCUT2D eigenvalue weighted by Crippen LogP contribution is -2.40. The van der Waals surface area contributed by atoms with Crippen LogP contribution in [0.4, 0.5) is 5.69 Å². The Balaban J connectivity index is 2.04. The van der Waals surface area contributed by atoms with E-state index in [1.54, 1.807) is 4.90 Å². The van der Waals surface area contributed by atoms with Gasteiger partial charge in [-0.05, 0) is 6.92 Å². The number of carbonyl (C=O) groups is 1. The van der Waals surface area contributed by atoms with Gasteiger partial charge in [-0.3, -0.25) is 10.1 Å². The van der Waals surface area contributed by atoms with Crippen LogP contribution in [0.2, 0.25) is 0 Å². The molecule has 0 atom stereocenters. The average Bonchev–Trinajstić information content (AvgIpc) is 2.80. The van der Waals surface area contributed by atoms with Crippen molar-refractivity contribution in [3.05, 3.63) is 34.3 Å². The molecule has 20 heavy (non-hydrogen) atoms. The van der Waals surface area contributed by atoms with Crippen LogP contribution in [0.5, 0.6) is 0 Å². The highest BCUT2D eigenvalue weighted by atomic mass is 16.7. The van der Waals surface area contributed by atoms with Gasteiger partial charge < -0.3 is 14.5 Å². The number of aromatic nitrogens is 2. The summed E-state index contributed by atoms with van der Waals surface area (Å²) in [6.45, 7) is 7.23. The Morgan fingerprint density at radius 3 is 2.75 bits per heavy atom. The van der Waals surface area contributed by atoms with Crippen LogP contribution in [0.15, 0.2) is 18.5 Å². The second kappa shape index (κ2) is 5.70. The molecular formula is C11H14N4O5. The number of nitrogens with zero attached hydrogens (tertiary/aromatic N) is 4. The van der Waals surface area contributed by atoms with Crippen LogP contribution in [0.25, 0.3) is 0 Å². The van der Waals surface area contributed by atoms with E-state index in [2.05, 4.69) is 11.7 Å². The van der Waals surface area contributed by atoms with Gasteiger partial charge >= 0.3 is 11.7 Å². The maximum Gasteiger partial charge on any atom is 0.380 e. The molecule has 1 saturated heterocycles.